The Morgan fingerprint density at radius 2 is 1.79 bits per heavy atom. The van der Waals surface area contributed by atoms with Gasteiger partial charge in [-0.1, -0.05) is 39.0 Å². The first-order chi connectivity index (χ1) is 14.2. The zero-order chi connectivity index (χ0) is 20.5. The number of nitrogens with zero attached hydrogens (tertiary/aromatic N) is 2. The minimum Gasteiger partial charge on any atom is -0.393 e. The van der Waals surface area contributed by atoms with Gasteiger partial charge in [0.15, 0.2) is 0 Å². The SMILES string of the molecule is CCCCNc1ncc(C(=O)NC2CCCCCC2)c(N[C@H]2CC[C@H](O)CC2)n1. The Bertz CT molecular complexity index is 638. The molecule has 1 amide bonds. The molecule has 162 valence electrons. The van der Waals surface area contributed by atoms with Crippen molar-refractivity contribution in [2.75, 3.05) is 17.2 Å². The van der Waals surface area contributed by atoms with Gasteiger partial charge in [-0.25, -0.2) is 4.98 Å². The van der Waals surface area contributed by atoms with E-state index in [1.165, 1.54) is 25.7 Å². The standard InChI is InChI=1S/C22H37N5O2/c1-2-3-14-23-22-24-15-19(21(29)26-16-8-6-4-5-7-9-16)20(27-22)25-17-10-12-18(28)13-11-17/h15-18,28H,2-14H2,1H3,(H,26,29)(H2,23,24,25,27)/t17-,18-. The summed E-state index contributed by atoms with van der Waals surface area (Å²) in [6.07, 6.45) is 13.9. The lowest BCUT2D eigenvalue weighted by Crippen LogP contribution is -2.36. The highest BCUT2D eigenvalue weighted by molar-refractivity contribution is 5.98. The molecule has 2 aliphatic carbocycles. The van der Waals surface area contributed by atoms with Gasteiger partial charge in [0.2, 0.25) is 5.95 Å². The molecule has 2 aliphatic rings. The molecule has 0 atom stereocenters. The van der Waals surface area contributed by atoms with Crippen LogP contribution < -0.4 is 16.0 Å². The molecule has 2 saturated carbocycles. The van der Waals surface area contributed by atoms with E-state index < -0.39 is 0 Å². The van der Waals surface area contributed by atoms with Crippen LogP contribution in [-0.2, 0) is 0 Å². The molecule has 0 radical (unpaired) electrons. The summed E-state index contributed by atoms with van der Waals surface area (Å²) in [5, 5.41) is 19.7. The number of aliphatic hydroxyl groups is 1. The number of unbranched alkanes of at least 4 members (excludes halogenated alkanes) is 1. The van der Waals surface area contributed by atoms with E-state index in [1.807, 2.05) is 0 Å². The van der Waals surface area contributed by atoms with Crippen LogP contribution in [0.25, 0.3) is 0 Å². The highest BCUT2D eigenvalue weighted by Crippen LogP contribution is 2.24. The smallest absolute Gasteiger partial charge is 0.256 e. The Kier molecular flexibility index (Phi) is 8.52. The van der Waals surface area contributed by atoms with Crippen molar-refractivity contribution >= 4 is 17.7 Å². The molecule has 4 N–H and O–H groups in total. The van der Waals surface area contributed by atoms with Gasteiger partial charge >= 0.3 is 0 Å². The first-order valence-corrected chi connectivity index (χ1v) is 11.5. The number of nitrogens with one attached hydrogen (secondary N) is 3. The Morgan fingerprint density at radius 1 is 1.07 bits per heavy atom. The van der Waals surface area contributed by atoms with E-state index in [2.05, 4.69) is 32.8 Å². The van der Waals surface area contributed by atoms with Crippen LogP contribution in [0.1, 0.15) is 94.3 Å². The average Bonchev–Trinajstić information content (AvgIpc) is 2.99. The second-order valence-corrected chi connectivity index (χ2v) is 8.55. The van der Waals surface area contributed by atoms with Crippen LogP contribution in [0.4, 0.5) is 11.8 Å². The predicted molar refractivity (Wildman–Crippen MR) is 116 cm³/mol. The molecule has 0 aromatic carbocycles. The molecule has 0 spiro atoms. The van der Waals surface area contributed by atoms with Gasteiger partial charge in [-0.3, -0.25) is 4.79 Å². The van der Waals surface area contributed by atoms with E-state index in [9.17, 15) is 9.90 Å². The summed E-state index contributed by atoms with van der Waals surface area (Å²) in [5.41, 5.74) is 0.515. The van der Waals surface area contributed by atoms with E-state index in [1.54, 1.807) is 6.20 Å². The molecular weight excluding hydrogens is 366 g/mol. The van der Waals surface area contributed by atoms with Crippen molar-refractivity contribution in [2.45, 2.75) is 102 Å². The van der Waals surface area contributed by atoms with Crippen molar-refractivity contribution in [3.63, 3.8) is 0 Å². The summed E-state index contributed by atoms with van der Waals surface area (Å²) < 4.78 is 0. The van der Waals surface area contributed by atoms with E-state index >= 15 is 0 Å². The Balaban J connectivity index is 1.71. The molecule has 7 heteroatoms. The van der Waals surface area contributed by atoms with E-state index in [0.717, 1.165) is 57.9 Å². The van der Waals surface area contributed by atoms with Crippen molar-refractivity contribution in [1.82, 2.24) is 15.3 Å². The second-order valence-electron chi connectivity index (χ2n) is 8.55. The highest BCUT2D eigenvalue weighted by atomic mass is 16.3. The lowest BCUT2D eigenvalue weighted by Gasteiger charge is -2.27. The average molecular weight is 404 g/mol. The number of anilines is 2. The summed E-state index contributed by atoms with van der Waals surface area (Å²) in [6.45, 7) is 2.97. The van der Waals surface area contributed by atoms with Crippen molar-refractivity contribution in [3.05, 3.63) is 11.8 Å². The normalized spacial score (nSPS) is 23.2. The number of aromatic nitrogens is 2. The number of carbonyl (C=O) groups excluding carboxylic acids is 1. The summed E-state index contributed by atoms with van der Waals surface area (Å²) in [6, 6.07) is 0.464. The van der Waals surface area contributed by atoms with Crippen LogP contribution in [0.3, 0.4) is 0 Å². The quantitative estimate of drug-likeness (QED) is 0.389. The molecule has 1 heterocycles. The number of rotatable bonds is 8. The fourth-order valence-electron chi connectivity index (χ4n) is 4.22. The van der Waals surface area contributed by atoms with Gasteiger partial charge in [0.1, 0.15) is 11.4 Å². The van der Waals surface area contributed by atoms with Gasteiger partial charge in [0.05, 0.1) is 6.10 Å². The van der Waals surface area contributed by atoms with Crippen LogP contribution in [-0.4, -0.2) is 45.7 Å². The maximum absolute atomic E-state index is 13.0. The van der Waals surface area contributed by atoms with Crippen LogP contribution in [0, 0.1) is 0 Å². The van der Waals surface area contributed by atoms with Gasteiger partial charge in [-0.05, 0) is 44.9 Å². The first-order valence-electron chi connectivity index (χ1n) is 11.5. The Morgan fingerprint density at radius 3 is 2.48 bits per heavy atom. The fourth-order valence-corrected chi connectivity index (χ4v) is 4.22. The number of carbonyl (C=O) groups is 1. The van der Waals surface area contributed by atoms with Gasteiger partial charge in [0.25, 0.3) is 5.91 Å². The third-order valence-electron chi connectivity index (χ3n) is 6.07. The first kappa shape index (κ1) is 21.8. The molecule has 2 fully saturated rings. The number of aliphatic hydroxyl groups excluding tert-OH is 1. The largest absolute Gasteiger partial charge is 0.393 e. The monoisotopic (exact) mass is 403 g/mol. The molecule has 1 aromatic heterocycles. The molecule has 0 aliphatic heterocycles. The molecule has 0 bridgehead atoms. The maximum Gasteiger partial charge on any atom is 0.256 e. The van der Waals surface area contributed by atoms with Gasteiger partial charge in [-0.2, -0.15) is 4.98 Å². The number of hydrogen-bond donors (Lipinski definition) is 4. The molecule has 29 heavy (non-hydrogen) atoms. The topological polar surface area (TPSA) is 99.2 Å². The molecule has 1 aromatic rings. The predicted octanol–water partition coefficient (Wildman–Crippen LogP) is 3.86. The summed E-state index contributed by atoms with van der Waals surface area (Å²) in [7, 11) is 0. The summed E-state index contributed by atoms with van der Waals surface area (Å²) >= 11 is 0. The van der Waals surface area contributed by atoms with Gasteiger partial charge in [-0.15, -0.1) is 0 Å². The van der Waals surface area contributed by atoms with Crippen LogP contribution in [0.2, 0.25) is 0 Å². The summed E-state index contributed by atoms with van der Waals surface area (Å²) in [5.74, 6) is 1.07. The fraction of sp³-hybridized carbons (Fsp3) is 0.773. The number of amides is 1. The van der Waals surface area contributed by atoms with E-state index in [-0.39, 0.29) is 24.1 Å². The third kappa shape index (κ3) is 6.84. The zero-order valence-corrected chi connectivity index (χ0v) is 17.8. The second kappa shape index (κ2) is 11.3. The van der Waals surface area contributed by atoms with Crippen molar-refractivity contribution < 1.29 is 9.90 Å². The Hall–Kier alpha value is -1.89. The van der Waals surface area contributed by atoms with Crippen LogP contribution >= 0.6 is 0 Å². The van der Waals surface area contributed by atoms with Gasteiger partial charge < -0.3 is 21.1 Å². The van der Waals surface area contributed by atoms with E-state index in [4.69, 9.17) is 0 Å². The zero-order valence-electron chi connectivity index (χ0n) is 17.8. The van der Waals surface area contributed by atoms with Gasteiger partial charge in [0, 0.05) is 24.8 Å². The summed E-state index contributed by atoms with van der Waals surface area (Å²) in [4.78, 5) is 22.0. The highest BCUT2D eigenvalue weighted by Gasteiger charge is 2.24. The van der Waals surface area contributed by atoms with Crippen molar-refractivity contribution in [2.24, 2.45) is 0 Å². The van der Waals surface area contributed by atoms with Crippen LogP contribution in [0.5, 0.6) is 0 Å². The maximum atomic E-state index is 13.0. The molecular formula is C22H37N5O2. The number of hydrogen-bond acceptors (Lipinski definition) is 6. The molecule has 0 unspecified atom stereocenters. The minimum atomic E-state index is -0.206. The molecule has 3 rings (SSSR count). The lowest BCUT2D eigenvalue weighted by atomic mass is 9.93. The Labute approximate surface area is 174 Å². The van der Waals surface area contributed by atoms with Crippen LogP contribution in [0.15, 0.2) is 6.20 Å². The molecule has 7 nitrogen and oxygen atoms in total. The van der Waals surface area contributed by atoms with Crippen molar-refractivity contribution in [3.8, 4) is 0 Å². The minimum absolute atomic E-state index is 0.0876. The lowest BCUT2D eigenvalue weighted by molar-refractivity contribution is 0.0933. The third-order valence-corrected chi connectivity index (χ3v) is 6.07. The van der Waals surface area contributed by atoms with E-state index in [0.29, 0.717) is 17.3 Å². The molecule has 0 saturated heterocycles. The van der Waals surface area contributed by atoms with Crippen molar-refractivity contribution in [1.29, 1.82) is 0 Å².